The molecular formula is C14H22OSi. The molecule has 0 N–H and O–H groups in total. The Kier molecular flexibility index (Phi) is 3.76. The summed E-state index contributed by atoms with van der Waals surface area (Å²) in [6, 6.07) is 10.5. The van der Waals surface area contributed by atoms with Crippen LogP contribution in [0.2, 0.25) is 13.1 Å². The summed E-state index contributed by atoms with van der Waals surface area (Å²) in [5, 5.41) is 1.32. The molecule has 0 amide bonds. The molecule has 1 rings (SSSR count). The van der Waals surface area contributed by atoms with Crippen LogP contribution in [0.25, 0.3) is 0 Å². The van der Waals surface area contributed by atoms with E-state index in [1.807, 2.05) is 13.0 Å². The van der Waals surface area contributed by atoms with Gasteiger partial charge in [-0.3, -0.25) is 0 Å². The van der Waals surface area contributed by atoms with Gasteiger partial charge in [-0.2, -0.15) is 0 Å². The quantitative estimate of drug-likeness (QED) is 0.572. The van der Waals surface area contributed by atoms with Crippen LogP contribution in [0.5, 0.6) is 0 Å². The van der Waals surface area contributed by atoms with E-state index in [-0.39, 0.29) is 5.60 Å². The predicted octanol–water partition coefficient (Wildman–Crippen LogP) is 3.47. The summed E-state index contributed by atoms with van der Waals surface area (Å²) < 4.78 is 6.31. The Hall–Kier alpha value is -0.863. The Morgan fingerprint density at radius 3 is 2.12 bits per heavy atom. The summed E-state index contributed by atoms with van der Waals surface area (Å²) in [6.45, 7) is 14.7. The van der Waals surface area contributed by atoms with E-state index in [9.17, 15) is 0 Å². The molecule has 0 aliphatic rings. The Balaban J connectivity index is 2.92. The van der Waals surface area contributed by atoms with E-state index >= 15 is 0 Å². The Bertz CT molecular complexity index is 366. The van der Waals surface area contributed by atoms with Gasteiger partial charge in [-0.05, 0) is 39.1 Å². The summed E-state index contributed by atoms with van der Waals surface area (Å²) in [5.74, 6) is 0. The molecule has 0 heterocycles. The fourth-order valence-electron chi connectivity index (χ4n) is 1.62. The minimum absolute atomic E-state index is 0.244. The lowest BCUT2D eigenvalue weighted by Crippen LogP contribution is -2.50. The highest BCUT2D eigenvalue weighted by molar-refractivity contribution is 6.84. The molecule has 88 valence electrons. The van der Waals surface area contributed by atoms with Gasteiger partial charge in [0.05, 0.1) is 5.60 Å². The molecule has 0 aliphatic heterocycles. The van der Waals surface area contributed by atoms with Gasteiger partial charge in [0.1, 0.15) is 0 Å². The maximum atomic E-state index is 6.31. The van der Waals surface area contributed by atoms with E-state index in [0.717, 1.165) is 5.57 Å². The Labute approximate surface area is 100 Å². The molecule has 1 aromatic carbocycles. The maximum Gasteiger partial charge on any atom is 0.219 e. The van der Waals surface area contributed by atoms with Crippen molar-refractivity contribution in [1.29, 1.82) is 0 Å². The van der Waals surface area contributed by atoms with E-state index in [4.69, 9.17) is 4.43 Å². The summed E-state index contributed by atoms with van der Waals surface area (Å²) in [7, 11) is -1.84. The molecule has 0 aromatic heterocycles. The molecule has 2 heteroatoms. The van der Waals surface area contributed by atoms with Gasteiger partial charge in [-0.15, -0.1) is 0 Å². The third kappa shape index (κ3) is 3.06. The highest BCUT2D eigenvalue weighted by atomic mass is 28.4. The molecule has 0 radical (unpaired) electrons. The van der Waals surface area contributed by atoms with Crippen molar-refractivity contribution in [3.05, 3.63) is 42.5 Å². The smallest absolute Gasteiger partial charge is 0.219 e. The number of benzene rings is 1. The number of hydrogen-bond acceptors (Lipinski definition) is 1. The molecule has 0 bridgehead atoms. The van der Waals surface area contributed by atoms with Crippen LogP contribution in [0.4, 0.5) is 0 Å². The van der Waals surface area contributed by atoms with Crippen molar-refractivity contribution in [2.45, 2.75) is 39.5 Å². The molecule has 1 aromatic rings. The van der Waals surface area contributed by atoms with Gasteiger partial charge in [-0.25, -0.2) is 0 Å². The van der Waals surface area contributed by atoms with E-state index < -0.39 is 8.32 Å². The fraction of sp³-hybridized carbons (Fsp3) is 0.429. The molecule has 1 nitrogen and oxygen atoms in total. The molecular weight excluding hydrogens is 212 g/mol. The van der Waals surface area contributed by atoms with Crippen LogP contribution in [0, 0.1) is 0 Å². The molecule has 0 unspecified atom stereocenters. The topological polar surface area (TPSA) is 9.23 Å². The van der Waals surface area contributed by atoms with E-state index in [1.54, 1.807) is 0 Å². The lowest BCUT2D eigenvalue weighted by atomic mass is 10.0. The minimum Gasteiger partial charge on any atom is -0.404 e. The molecule has 0 fully saturated rings. The monoisotopic (exact) mass is 234 g/mol. The molecule has 0 saturated heterocycles. The van der Waals surface area contributed by atoms with Gasteiger partial charge in [0.15, 0.2) is 0 Å². The Morgan fingerprint density at radius 1 is 1.19 bits per heavy atom. The highest BCUT2D eigenvalue weighted by Gasteiger charge is 2.33. The van der Waals surface area contributed by atoms with Gasteiger partial charge in [-0.1, -0.05) is 42.5 Å². The lowest BCUT2D eigenvalue weighted by molar-refractivity contribution is 0.144. The summed E-state index contributed by atoms with van der Waals surface area (Å²) in [5.41, 5.74) is 0.829. The molecule has 0 spiro atoms. The van der Waals surface area contributed by atoms with Gasteiger partial charge in [0, 0.05) is 0 Å². The average Bonchev–Trinajstić information content (AvgIpc) is 2.17. The van der Waals surface area contributed by atoms with Crippen LogP contribution in [0.15, 0.2) is 42.5 Å². The average molecular weight is 234 g/mol. The maximum absolute atomic E-state index is 6.31. The zero-order valence-corrected chi connectivity index (χ0v) is 12.0. The Morgan fingerprint density at radius 2 is 1.69 bits per heavy atom. The van der Waals surface area contributed by atoms with Crippen LogP contribution >= 0.6 is 0 Å². The van der Waals surface area contributed by atoms with Crippen molar-refractivity contribution in [3.8, 4) is 0 Å². The predicted molar refractivity (Wildman–Crippen MR) is 73.5 cm³/mol. The van der Waals surface area contributed by atoms with E-state index in [2.05, 4.69) is 57.8 Å². The van der Waals surface area contributed by atoms with Crippen molar-refractivity contribution in [3.63, 3.8) is 0 Å². The van der Waals surface area contributed by atoms with Crippen LogP contribution in [0.3, 0.4) is 0 Å². The summed E-state index contributed by atoms with van der Waals surface area (Å²) >= 11 is 0. The fourth-order valence-corrected chi connectivity index (χ4v) is 4.19. The first-order chi connectivity index (χ1) is 7.26. The molecule has 16 heavy (non-hydrogen) atoms. The first-order valence-electron chi connectivity index (χ1n) is 5.67. The second-order valence-electron chi connectivity index (χ2n) is 5.27. The number of hydrogen-bond donors (Lipinski definition) is 0. The van der Waals surface area contributed by atoms with Crippen LogP contribution in [-0.2, 0) is 4.43 Å². The van der Waals surface area contributed by atoms with E-state index in [1.165, 1.54) is 5.19 Å². The van der Waals surface area contributed by atoms with Crippen LogP contribution < -0.4 is 5.19 Å². The molecule has 0 saturated carbocycles. The SMILES string of the molecule is C=C(C)C(C)(C)O[Si](C)(C)c1ccccc1. The minimum atomic E-state index is -1.84. The van der Waals surface area contributed by atoms with Crippen LogP contribution in [-0.4, -0.2) is 13.9 Å². The first-order valence-corrected chi connectivity index (χ1v) is 8.58. The van der Waals surface area contributed by atoms with Crippen molar-refractivity contribution >= 4 is 13.5 Å². The van der Waals surface area contributed by atoms with E-state index in [0.29, 0.717) is 0 Å². The largest absolute Gasteiger partial charge is 0.404 e. The second-order valence-corrected chi connectivity index (χ2v) is 9.07. The van der Waals surface area contributed by atoms with Crippen LogP contribution in [0.1, 0.15) is 20.8 Å². The van der Waals surface area contributed by atoms with Crippen molar-refractivity contribution in [2.75, 3.05) is 0 Å². The van der Waals surface area contributed by atoms with Gasteiger partial charge in [0.25, 0.3) is 0 Å². The lowest BCUT2D eigenvalue weighted by Gasteiger charge is -2.35. The first kappa shape index (κ1) is 13.2. The summed E-state index contributed by atoms with van der Waals surface area (Å²) in [6.07, 6.45) is 0. The zero-order valence-electron chi connectivity index (χ0n) is 11.0. The zero-order chi connectivity index (χ0) is 12.4. The molecule has 0 atom stereocenters. The highest BCUT2D eigenvalue weighted by Crippen LogP contribution is 2.23. The normalized spacial score (nSPS) is 12.6. The number of rotatable bonds is 4. The summed E-state index contributed by atoms with van der Waals surface area (Å²) in [4.78, 5) is 0. The van der Waals surface area contributed by atoms with Gasteiger partial charge >= 0.3 is 0 Å². The van der Waals surface area contributed by atoms with Crippen molar-refractivity contribution in [2.24, 2.45) is 0 Å². The third-order valence-electron chi connectivity index (χ3n) is 3.01. The standard InChI is InChI=1S/C14H22OSi/c1-12(2)14(3,4)15-16(5,6)13-10-8-7-9-11-13/h7-11H,1H2,2-6H3. The van der Waals surface area contributed by atoms with Crippen molar-refractivity contribution in [1.82, 2.24) is 0 Å². The van der Waals surface area contributed by atoms with Crippen molar-refractivity contribution < 1.29 is 4.43 Å². The van der Waals surface area contributed by atoms with Gasteiger partial charge < -0.3 is 4.43 Å². The second kappa shape index (κ2) is 4.56. The molecule has 0 aliphatic carbocycles. The third-order valence-corrected chi connectivity index (χ3v) is 5.75. The van der Waals surface area contributed by atoms with Gasteiger partial charge in [0.2, 0.25) is 8.32 Å².